The van der Waals surface area contributed by atoms with Crippen LogP contribution in [0.2, 0.25) is 0 Å². The Morgan fingerprint density at radius 1 is 1.33 bits per heavy atom. The summed E-state index contributed by atoms with van der Waals surface area (Å²) in [6.07, 6.45) is 0. The number of hydrogen-bond acceptors (Lipinski definition) is 2. The first-order valence-electron chi connectivity index (χ1n) is 4.10. The van der Waals surface area contributed by atoms with Gasteiger partial charge in [0.25, 0.3) is 0 Å². The van der Waals surface area contributed by atoms with Crippen molar-refractivity contribution in [3.8, 4) is 0 Å². The van der Waals surface area contributed by atoms with Crippen molar-refractivity contribution in [1.29, 1.82) is 0 Å². The van der Waals surface area contributed by atoms with E-state index in [0.29, 0.717) is 0 Å². The predicted octanol–water partition coefficient (Wildman–Crippen LogP) is 1.69. The van der Waals surface area contributed by atoms with Gasteiger partial charge in [-0.25, -0.2) is 0 Å². The van der Waals surface area contributed by atoms with Crippen LogP contribution in [0.3, 0.4) is 0 Å². The SMILES string of the molecule is CC(C)(C)C(=O)O.CCN(C)C. The molecule has 0 radical (unpaired) electrons. The maximum atomic E-state index is 10.0. The zero-order chi connectivity index (χ0) is 10.4. The monoisotopic (exact) mass is 175 g/mol. The largest absolute Gasteiger partial charge is 0.481 e. The Bertz CT molecular complexity index is 125. The zero-order valence-electron chi connectivity index (χ0n) is 9.01. The van der Waals surface area contributed by atoms with Crippen LogP contribution in [0.1, 0.15) is 27.7 Å². The Hall–Kier alpha value is -0.570. The third-order valence-corrected chi connectivity index (χ3v) is 1.27. The average Bonchev–Trinajstić information content (AvgIpc) is 1.87. The van der Waals surface area contributed by atoms with Crippen molar-refractivity contribution in [1.82, 2.24) is 4.90 Å². The standard InChI is InChI=1S/C5H10O2.C4H11N/c1-5(2,3)4(6)7;1-4-5(2)3/h1-3H3,(H,6,7);4H2,1-3H3. The van der Waals surface area contributed by atoms with Crippen LogP contribution in [-0.4, -0.2) is 36.6 Å². The quantitative estimate of drug-likeness (QED) is 0.659. The van der Waals surface area contributed by atoms with E-state index in [9.17, 15) is 4.79 Å². The highest BCUT2D eigenvalue weighted by Gasteiger charge is 2.18. The molecule has 0 spiro atoms. The summed E-state index contributed by atoms with van der Waals surface area (Å²) in [5.41, 5.74) is -0.583. The Labute approximate surface area is 75.4 Å². The third-order valence-electron chi connectivity index (χ3n) is 1.27. The molecule has 0 amide bonds. The molecule has 0 saturated heterocycles. The van der Waals surface area contributed by atoms with Gasteiger partial charge in [-0.1, -0.05) is 6.92 Å². The van der Waals surface area contributed by atoms with E-state index in [1.54, 1.807) is 20.8 Å². The lowest BCUT2D eigenvalue weighted by Gasteiger charge is -2.08. The van der Waals surface area contributed by atoms with E-state index in [1.165, 1.54) is 0 Å². The van der Waals surface area contributed by atoms with Crippen molar-refractivity contribution >= 4 is 5.97 Å². The first-order valence-corrected chi connectivity index (χ1v) is 4.10. The molecule has 0 rings (SSSR count). The molecule has 0 fully saturated rings. The molecule has 0 atom stereocenters. The molecular formula is C9H21NO2. The van der Waals surface area contributed by atoms with Gasteiger partial charge >= 0.3 is 5.97 Å². The van der Waals surface area contributed by atoms with Crippen LogP contribution >= 0.6 is 0 Å². The number of carboxylic acid groups (broad SMARTS) is 1. The molecule has 0 saturated carbocycles. The Kier molecular flexibility index (Phi) is 6.99. The van der Waals surface area contributed by atoms with Gasteiger partial charge in [-0.3, -0.25) is 4.79 Å². The summed E-state index contributed by atoms with van der Waals surface area (Å²) in [6.45, 7) is 8.25. The van der Waals surface area contributed by atoms with Crippen LogP contribution in [0.25, 0.3) is 0 Å². The van der Waals surface area contributed by atoms with Crippen molar-refractivity contribution < 1.29 is 9.90 Å². The fraction of sp³-hybridized carbons (Fsp3) is 0.889. The molecule has 0 bridgehead atoms. The Morgan fingerprint density at radius 3 is 1.50 bits per heavy atom. The maximum Gasteiger partial charge on any atom is 0.308 e. The summed E-state index contributed by atoms with van der Waals surface area (Å²) >= 11 is 0. The van der Waals surface area contributed by atoms with Crippen molar-refractivity contribution in [2.24, 2.45) is 5.41 Å². The van der Waals surface area contributed by atoms with Crippen LogP contribution in [0.15, 0.2) is 0 Å². The first-order chi connectivity index (χ1) is 5.21. The predicted molar refractivity (Wildman–Crippen MR) is 51.3 cm³/mol. The molecule has 0 aromatic rings. The van der Waals surface area contributed by atoms with Crippen LogP contribution in [0.4, 0.5) is 0 Å². The molecule has 3 heteroatoms. The summed E-state index contributed by atoms with van der Waals surface area (Å²) in [6, 6.07) is 0. The number of rotatable bonds is 1. The lowest BCUT2D eigenvalue weighted by Crippen LogP contribution is -2.18. The molecule has 1 N–H and O–H groups in total. The molecule has 0 aliphatic rings. The van der Waals surface area contributed by atoms with Crippen molar-refractivity contribution in [2.75, 3.05) is 20.6 Å². The van der Waals surface area contributed by atoms with Crippen LogP contribution in [0, 0.1) is 5.41 Å². The normalized spacial score (nSPS) is 10.6. The average molecular weight is 175 g/mol. The summed E-state index contributed by atoms with van der Waals surface area (Å²) < 4.78 is 0. The van der Waals surface area contributed by atoms with Gasteiger partial charge in [0, 0.05) is 0 Å². The van der Waals surface area contributed by atoms with Gasteiger partial charge in [-0.05, 0) is 41.4 Å². The second kappa shape index (κ2) is 6.00. The van der Waals surface area contributed by atoms with Gasteiger partial charge in [0.15, 0.2) is 0 Å². The molecule has 74 valence electrons. The van der Waals surface area contributed by atoms with E-state index in [2.05, 4.69) is 25.9 Å². The molecule has 0 aliphatic heterocycles. The molecule has 0 aromatic carbocycles. The highest BCUT2D eigenvalue weighted by Crippen LogP contribution is 2.11. The Balaban J connectivity index is 0. The molecule has 0 heterocycles. The van der Waals surface area contributed by atoms with E-state index in [1.807, 2.05) is 0 Å². The van der Waals surface area contributed by atoms with Gasteiger partial charge in [-0.2, -0.15) is 0 Å². The number of nitrogens with zero attached hydrogens (tertiary/aromatic N) is 1. The van der Waals surface area contributed by atoms with E-state index < -0.39 is 11.4 Å². The number of aliphatic carboxylic acids is 1. The van der Waals surface area contributed by atoms with E-state index in [-0.39, 0.29) is 0 Å². The van der Waals surface area contributed by atoms with E-state index >= 15 is 0 Å². The van der Waals surface area contributed by atoms with Gasteiger partial charge in [0.1, 0.15) is 0 Å². The summed E-state index contributed by atoms with van der Waals surface area (Å²) in [4.78, 5) is 12.1. The van der Waals surface area contributed by atoms with Gasteiger partial charge < -0.3 is 10.0 Å². The molecule has 0 aliphatic carbocycles. The maximum absolute atomic E-state index is 10.0. The topological polar surface area (TPSA) is 40.5 Å². The fourth-order valence-electron chi connectivity index (χ4n) is 0. The molecule has 3 nitrogen and oxygen atoms in total. The highest BCUT2D eigenvalue weighted by atomic mass is 16.4. The zero-order valence-corrected chi connectivity index (χ0v) is 9.01. The highest BCUT2D eigenvalue weighted by molar-refractivity contribution is 5.72. The Morgan fingerprint density at radius 2 is 1.50 bits per heavy atom. The minimum Gasteiger partial charge on any atom is -0.481 e. The minimum absolute atomic E-state index is 0.583. The van der Waals surface area contributed by atoms with Crippen LogP contribution in [0.5, 0.6) is 0 Å². The van der Waals surface area contributed by atoms with Crippen LogP contribution < -0.4 is 0 Å². The molecular weight excluding hydrogens is 154 g/mol. The minimum atomic E-state index is -0.757. The third kappa shape index (κ3) is 12.1. The molecule has 0 unspecified atom stereocenters. The van der Waals surface area contributed by atoms with E-state index in [0.717, 1.165) is 6.54 Å². The molecule has 0 aromatic heterocycles. The summed E-state index contributed by atoms with van der Waals surface area (Å²) in [5, 5.41) is 8.25. The van der Waals surface area contributed by atoms with E-state index in [4.69, 9.17) is 5.11 Å². The number of carbonyl (C=O) groups is 1. The second-order valence-corrected chi connectivity index (χ2v) is 3.95. The summed E-state index contributed by atoms with van der Waals surface area (Å²) in [7, 11) is 4.11. The molecule has 12 heavy (non-hydrogen) atoms. The second-order valence-electron chi connectivity index (χ2n) is 3.95. The van der Waals surface area contributed by atoms with Crippen molar-refractivity contribution in [2.45, 2.75) is 27.7 Å². The van der Waals surface area contributed by atoms with Crippen LogP contribution in [-0.2, 0) is 4.79 Å². The number of carboxylic acids is 1. The lowest BCUT2D eigenvalue weighted by atomic mass is 9.98. The van der Waals surface area contributed by atoms with Gasteiger partial charge in [0.05, 0.1) is 5.41 Å². The lowest BCUT2D eigenvalue weighted by molar-refractivity contribution is -0.145. The van der Waals surface area contributed by atoms with Gasteiger partial charge in [0.2, 0.25) is 0 Å². The smallest absolute Gasteiger partial charge is 0.308 e. The fourth-order valence-corrected chi connectivity index (χ4v) is 0. The first kappa shape index (κ1) is 14.0. The van der Waals surface area contributed by atoms with Gasteiger partial charge in [-0.15, -0.1) is 0 Å². The summed E-state index contributed by atoms with van der Waals surface area (Å²) in [5.74, 6) is -0.757. The number of hydrogen-bond donors (Lipinski definition) is 1. The van der Waals surface area contributed by atoms with Crippen molar-refractivity contribution in [3.05, 3.63) is 0 Å². The van der Waals surface area contributed by atoms with Crippen molar-refractivity contribution in [3.63, 3.8) is 0 Å².